The Morgan fingerprint density at radius 1 is 1.18 bits per heavy atom. The van der Waals surface area contributed by atoms with E-state index >= 15 is 0 Å². The highest BCUT2D eigenvalue weighted by molar-refractivity contribution is 6.48. The lowest BCUT2D eigenvalue weighted by Gasteiger charge is -2.64. The largest absolute Gasteiger partial charge is 0.493 e. The Hall–Kier alpha value is -1.57. The second kappa shape index (κ2) is 7.47. The quantitative estimate of drug-likeness (QED) is 0.669. The van der Waals surface area contributed by atoms with Crippen LogP contribution in [0.15, 0.2) is 24.3 Å². The van der Waals surface area contributed by atoms with Gasteiger partial charge in [0.1, 0.15) is 5.75 Å². The van der Waals surface area contributed by atoms with Crippen LogP contribution in [-0.2, 0) is 18.8 Å². The number of hydrogen-bond acceptors (Lipinski definition) is 5. The molecule has 4 bridgehead atoms. The van der Waals surface area contributed by atoms with Crippen molar-refractivity contribution >= 4 is 13.0 Å². The van der Waals surface area contributed by atoms with Gasteiger partial charge in [0, 0.05) is 11.5 Å². The highest BCUT2D eigenvalue weighted by atomic mass is 16.7. The molecule has 7 aliphatic rings. The van der Waals surface area contributed by atoms with Gasteiger partial charge in [-0.2, -0.15) is 0 Å². The Kier molecular flexibility index (Phi) is 4.77. The van der Waals surface area contributed by atoms with Crippen molar-refractivity contribution in [2.24, 2.45) is 23.2 Å². The summed E-state index contributed by atoms with van der Waals surface area (Å²) in [6.07, 6.45) is 6.36. The van der Waals surface area contributed by atoms with Crippen molar-refractivity contribution in [3.8, 4) is 5.75 Å². The minimum absolute atomic E-state index is 0.0561. The SMILES string of the molecule is CC1(C)[C@@H]2C[C@H]3OB([C@H](C[C@@H]4COc5ccccc54)NC(=O)[C@@H]4C[C@H]5CC[C@@H]4O5)O[C@@]3(C)[C@H]1C2. The van der Waals surface area contributed by atoms with E-state index in [9.17, 15) is 4.79 Å². The molecule has 4 aliphatic heterocycles. The fourth-order valence-corrected chi connectivity index (χ4v) is 8.24. The maximum absolute atomic E-state index is 13.5. The summed E-state index contributed by atoms with van der Waals surface area (Å²) in [5, 5.41) is 3.40. The molecule has 0 aromatic heterocycles. The van der Waals surface area contributed by atoms with Gasteiger partial charge in [-0.15, -0.1) is 0 Å². The fraction of sp³-hybridized carbons (Fsp3) is 0.741. The van der Waals surface area contributed by atoms with Crippen molar-refractivity contribution < 1.29 is 23.6 Å². The Bertz CT molecular complexity index is 1000. The molecule has 3 saturated heterocycles. The number of carbonyl (C=O) groups excluding carboxylic acids is 1. The maximum atomic E-state index is 13.5. The van der Waals surface area contributed by atoms with Gasteiger partial charge in [0.2, 0.25) is 5.91 Å². The van der Waals surface area contributed by atoms with E-state index < -0.39 is 7.12 Å². The number of para-hydroxylation sites is 1. The molecule has 1 N–H and O–H groups in total. The third kappa shape index (κ3) is 3.09. The van der Waals surface area contributed by atoms with Crippen LogP contribution in [0.25, 0.3) is 0 Å². The third-order valence-electron chi connectivity index (χ3n) is 10.4. The van der Waals surface area contributed by atoms with Crippen LogP contribution in [0.5, 0.6) is 5.75 Å². The molecule has 0 unspecified atom stereocenters. The van der Waals surface area contributed by atoms with E-state index in [0.29, 0.717) is 23.9 Å². The van der Waals surface area contributed by atoms with Gasteiger partial charge in [-0.25, -0.2) is 0 Å². The number of amides is 1. The van der Waals surface area contributed by atoms with E-state index in [0.717, 1.165) is 37.9 Å². The zero-order chi connectivity index (χ0) is 23.2. The van der Waals surface area contributed by atoms with Gasteiger partial charge in [-0.3, -0.25) is 4.79 Å². The van der Waals surface area contributed by atoms with Crippen LogP contribution in [0.4, 0.5) is 0 Å². The monoisotopic (exact) mass is 465 g/mol. The summed E-state index contributed by atoms with van der Waals surface area (Å²) in [5.41, 5.74) is 1.22. The molecule has 1 aromatic carbocycles. The Morgan fingerprint density at radius 3 is 2.79 bits per heavy atom. The molecular weight excluding hydrogens is 429 g/mol. The maximum Gasteiger partial charge on any atom is 0.481 e. The molecule has 8 rings (SSSR count). The Morgan fingerprint density at radius 2 is 2.03 bits per heavy atom. The molecule has 182 valence electrons. The number of rotatable bonds is 5. The van der Waals surface area contributed by atoms with Crippen LogP contribution in [-0.4, -0.2) is 49.5 Å². The molecular formula is C27H36BNO5. The normalized spacial score (nSPS) is 43.6. The lowest BCUT2D eigenvalue weighted by atomic mass is 9.43. The van der Waals surface area contributed by atoms with Crippen LogP contribution in [0.2, 0.25) is 0 Å². The predicted molar refractivity (Wildman–Crippen MR) is 127 cm³/mol. The number of carbonyl (C=O) groups is 1. The number of hydrogen-bond donors (Lipinski definition) is 1. The highest BCUT2D eigenvalue weighted by Crippen LogP contribution is 2.65. The molecule has 3 aliphatic carbocycles. The van der Waals surface area contributed by atoms with Gasteiger partial charge in [-0.1, -0.05) is 32.0 Å². The van der Waals surface area contributed by atoms with Crippen molar-refractivity contribution in [2.75, 3.05) is 6.61 Å². The van der Waals surface area contributed by atoms with Gasteiger partial charge in [-0.05, 0) is 68.8 Å². The zero-order valence-electron chi connectivity index (χ0n) is 20.5. The van der Waals surface area contributed by atoms with Crippen molar-refractivity contribution in [3.63, 3.8) is 0 Å². The van der Waals surface area contributed by atoms with Crippen LogP contribution in [0.3, 0.4) is 0 Å². The molecule has 6 nitrogen and oxygen atoms in total. The van der Waals surface area contributed by atoms with Gasteiger partial charge in [0.15, 0.2) is 0 Å². The Balaban J connectivity index is 1.13. The molecule has 1 aromatic rings. The molecule has 0 radical (unpaired) electrons. The standard InChI is InChI=1S/C27H36BNO5/c1-26(2)16-11-22(26)27(3)23(12-16)33-28(34-27)24(10-15-14-31-20-7-5-4-6-18(15)20)29-25(30)19-13-17-8-9-21(19)32-17/h4-7,15-17,19,21-24H,8-14H2,1-3H3,(H,29,30)/t15-,16+,17-,19-,21+,22+,23-,24+,27+/m1/s1. The second-order valence-corrected chi connectivity index (χ2v) is 12.4. The fourth-order valence-electron chi connectivity index (χ4n) is 8.24. The Labute approximate surface area is 202 Å². The average molecular weight is 465 g/mol. The number of benzene rings is 1. The summed E-state index contributed by atoms with van der Waals surface area (Å²) >= 11 is 0. The lowest BCUT2D eigenvalue weighted by Crippen LogP contribution is -2.65. The minimum Gasteiger partial charge on any atom is -0.493 e. The van der Waals surface area contributed by atoms with E-state index in [1.54, 1.807) is 0 Å². The molecule has 1 amide bonds. The molecule has 6 fully saturated rings. The van der Waals surface area contributed by atoms with Gasteiger partial charge in [0.25, 0.3) is 0 Å². The van der Waals surface area contributed by atoms with Crippen molar-refractivity contribution in [1.82, 2.24) is 5.32 Å². The molecule has 34 heavy (non-hydrogen) atoms. The molecule has 0 spiro atoms. The predicted octanol–water partition coefficient (Wildman–Crippen LogP) is 3.87. The van der Waals surface area contributed by atoms with E-state index in [1.165, 1.54) is 12.0 Å². The summed E-state index contributed by atoms with van der Waals surface area (Å²) in [6.45, 7) is 7.64. The summed E-state index contributed by atoms with van der Waals surface area (Å²) in [5.74, 6) is 2.20. The van der Waals surface area contributed by atoms with Crippen molar-refractivity contribution in [3.05, 3.63) is 29.8 Å². The van der Waals surface area contributed by atoms with Crippen molar-refractivity contribution in [1.29, 1.82) is 0 Å². The summed E-state index contributed by atoms with van der Waals surface area (Å²) in [7, 11) is -0.429. The minimum atomic E-state index is -0.429. The molecule has 7 heteroatoms. The zero-order valence-corrected chi connectivity index (χ0v) is 20.5. The van der Waals surface area contributed by atoms with E-state index in [4.69, 9.17) is 18.8 Å². The first-order chi connectivity index (χ1) is 16.3. The van der Waals surface area contributed by atoms with Crippen LogP contribution < -0.4 is 10.1 Å². The molecule has 4 heterocycles. The van der Waals surface area contributed by atoms with Gasteiger partial charge in [0.05, 0.1) is 42.4 Å². The van der Waals surface area contributed by atoms with E-state index in [1.807, 2.05) is 12.1 Å². The number of nitrogens with one attached hydrogen (secondary N) is 1. The van der Waals surface area contributed by atoms with Gasteiger partial charge < -0.3 is 24.1 Å². The smallest absolute Gasteiger partial charge is 0.481 e. The summed E-state index contributed by atoms with van der Waals surface area (Å²) < 4.78 is 25.4. The summed E-state index contributed by atoms with van der Waals surface area (Å²) in [6, 6.07) is 8.25. The highest BCUT2D eigenvalue weighted by Gasteiger charge is 2.68. The van der Waals surface area contributed by atoms with E-state index in [-0.39, 0.29) is 47.6 Å². The molecule has 9 atom stereocenters. The third-order valence-corrected chi connectivity index (χ3v) is 10.4. The molecule has 3 saturated carbocycles. The average Bonchev–Trinajstić information content (AvgIpc) is 3.60. The lowest BCUT2D eigenvalue weighted by molar-refractivity contribution is -0.199. The topological polar surface area (TPSA) is 66.0 Å². The van der Waals surface area contributed by atoms with Crippen LogP contribution in [0.1, 0.15) is 70.8 Å². The first-order valence-corrected chi connectivity index (χ1v) is 13.3. The number of fused-ring (bicyclic) bond motifs is 3. The van der Waals surface area contributed by atoms with Crippen LogP contribution in [0, 0.1) is 23.2 Å². The first kappa shape index (κ1) is 21.7. The first-order valence-electron chi connectivity index (χ1n) is 13.3. The number of ether oxygens (including phenoxy) is 2. The van der Waals surface area contributed by atoms with Gasteiger partial charge >= 0.3 is 7.12 Å². The van der Waals surface area contributed by atoms with Crippen LogP contribution >= 0.6 is 0 Å². The van der Waals surface area contributed by atoms with E-state index in [2.05, 4.69) is 38.2 Å². The second-order valence-electron chi connectivity index (χ2n) is 12.4. The van der Waals surface area contributed by atoms with Crippen molar-refractivity contribution in [2.45, 2.75) is 95.1 Å². The summed E-state index contributed by atoms with van der Waals surface area (Å²) in [4.78, 5) is 13.5.